The Kier molecular flexibility index (Phi) is 6.72. The molecule has 0 saturated heterocycles. The van der Waals surface area contributed by atoms with E-state index in [1.165, 1.54) is 7.11 Å². The van der Waals surface area contributed by atoms with Gasteiger partial charge in [0.05, 0.1) is 24.9 Å². The number of hydrogen-bond donors (Lipinski definition) is 0. The molecule has 0 saturated carbocycles. The molecule has 1 amide bonds. The molecule has 1 aromatic carbocycles. The van der Waals surface area contributed by atoms with Crippen LogP contribution in [0.1, 0.15) is 29.4 Å². The van der Waals surface area contributed by atoms with Crippen LogP contribution >= 0.6 is 11.6 Å². The number of ether oxygens (including phenoxy) is 2. The number of aryl methyl sites for hydroxylation is 2. The Labute approximate surface area is 187 Å². The molecule has 1 aliphatic heterocycles. The summed E-state index contributed by atoms with van der Waals surface area (Å²) in [6.45, 7) is 8.49. The first-order valence-corrected chi connectivity index (χ1v) is 10.4. The third-order valence-electron chi connectivity index (χ3n) is 5.60. The molecule has 0 atom stereocenters. The van der Waals surface area contributed by atoms with Crippen molar-refractivity contribution in [1.29, 1.82) is 0 Å². The lowest BCUT2D eigenvalue weighted by molar-refractivity contribution is -0.136. The van der Waals surface area contributed by atoms with E-state index in [4.69, 9.17) is 21.1 Å². The van der Waals surface area contributed by atoms with Gasteiger partial charge >= 0.3 is 5.97 Å². The van der Waals surface area contributed by atoms with Crippen LogP contribution in [-0.4, -0.2) is 48.7 Å². The quantitative estimate of drug-likeness (QED) is 0.492. The van der Waals surface area contributed by atoms with Crippen molar-refractivity contribution in [1.82, 2.24) is 9.47 Å². The molecule has 0 N–H and O–H groups in total. The summed E-state index contributed by atoms with van der Waals surface area (Å²) < 4.78 is 12.2. The van der Waals surface area contributed by atoms with E-state index >= 15 is 0 Å². The number of amides is 1. The minimum absolute atomic E-state index is 0.237. The fourth-order valence-electron chi connectivity index (χ4n) is 3.96. The molecular weight excluding hydrogens is 416 g/mol. The van der Waals surface area contributed by atoms with Crippen LogP contribution in [0.3, 0.4) is 0 Å². The predicted molar refractivity (Wildman–Crippen MR) is 121 cm³/mol. The molecule has 164 valence electrons. The normalized spacial score (nSPS) is 15.4. The average molecular weight is 443 g/mol. The average Bonchev–Trinajstić information content (AvgIpc) is 3.14. The Morgan fingerprint density at radius 2 is 1.84 bits per heavy atom. The maximum atomic E-state index is 13.2. The van der Waals surface area contributed by atoms with E-state index in [1.54, 1.807) is 25.0 Å². The van der Waals surface area contributed by atoms with E-state index in [0.717, 1.165) is 28.2 Å². The molecule has 6 nitrogen and oxygen atoms in total. The molecule has 2 aromatic rings. The smallest absolute Gasteiger partial charge is 0.340 e. The predicted octanol–water partition coefficient (Wildman–Crippen LogP) is 4.37. The molecule has 0 spiro atoms. The Bertz CT molecular complexity index is 1110. The number of carbonyl (C=O) groups excluding carboxylic acids is 2. The van der Waals surface area contributed by atoms with Crippen molar-refractivity contribution in [3.05, 3.63) is 68.6 Å². The third kappa shape index (κ3) is 4.18. The molecule has 1 aromatic heterocycles. The van der Waals surface area contributed by atoms with Gasteiger partial charge < -0.3 is 18.9 Å². The SMILES string of the molecule is COCCN1C(=O)/C(=C\c2cc(C)n(-c3cc(Cl)ccc3C)c2C)C(C(=O)OC)=C1C. The maximum Gasteiger partial charge on any atom is 0.340 e. The van der Waals surface area contributed by atoms with Crippen LogP contribution in [0.5, 0.6) is 0 Å². The fourth-order valence-corrected chi connectivity index (χ4v) is 4.13. The lowest BCUT2D eigenvalue weighted by atomic mass is 10.0. The largest absolute Gasteiger partial charge is 0.465 e. The minimum atomic E-state index is -0.531. The summed E-state index contributed by atoms with van der Waals surface area (Å²) in [7, 11) is 2.89. The molecule has 31 heavy (non-hydrogen) atoms. The van der Waals surface area contributed by atoms with Crippen LogP contribution in [0.15, 0.2) is 41.1 Å². The van der Waals surface area contributed by atoms with Crippen molar-refractivity contribution in [2.75, 3.05) is 27.4 Å². The third-order valence-corrected chi connectivity index (χ3v) is 5.84. The minimum Gasteiger partial charge on any atom is -0.465 e. The lowest BCUT2D eigenvalue weighted by Gasteiger charge is -2.16. The summed E-state index contributed by atoms with van der Waals surface area (Å²) in [5, 5.41) is 0.652. The zero-order valence-corrected chi connectivity index (χ0v) is 19.5. The van der Waals surface area contributed by atoms with Gasteiger partial charge in [0.15, 0.2) is 0 Å². The highest BCUT2D eigenvalue weighted by Crippen LogP contribution is 2.33. The van der Waals surface area contributed by atoms with Crippen LogP contribution < -0.4 is 0 Å². The van der Waals surface area contributed by atoms with Gasteiger partial charge in [-0.25, -0.2) is 4.79 Å². The number of hydrogen-bond acceptors (Lipinski definition) is 4. The molecule has 7 heteroatoms. The molecule has 0 unspecified atom stereocenters. The molecule has 1 aliphatic rings. The van der Waals surface area contributed by atoms with Gasteiger partial charge in [-0.15, -0.1) is 0 Å². The Hall–Kier alpha value is -2.83. The highest BCUT2D eigenvalue weighted by molar-refractivity contribution is 6.30. The van der Waals surface area contributed by atoms with Crippen LogP contribution in [0, 0.1) is 20.8 Å². The highest BCUT2D eigenvalue weighted by atomic mass is 35.5. The van der Waals surface area contributed by atoms with E-state index in [9.17, 15) is 9.59 Å². The van der Waals surface area contributed by atoms with Gasteiger partial charge in [-0.1, -0.05) is 17.7 Å². The van der Waals surface area contributed by atoms with E-state index in [-0.39, 0.29) is 11.5 Å². The number of aromatic nitrogens is 1. The molecular formula is C24H27ClN2O4. The van der Waals surface area contributed by atoms with E-state index in [1.807, 2.05) is 45.0 Å². The zero-order chi connectivity index (χ0) is 22.9. The van der Waals surface area contributed by atoms with Gasteiger partial charge in [-0.2, -0.15) is 0 Å². The van der Waals surface area contributed by atoms with E-state index in [2.05, 4.69) is 4.57 Å². The lowest BCUT2D eigenvalue weighted by Crippen LogP contribution is -2.28. The molecule has 3 rings (SSSR count). The van der Waals surface area contributed by atoms with Gasteiger partial charge in [0, 0.05) is 41.4 Å². The molecule has 0 bridgehead atoms. The van der Waals surface area contributed by atoms with Crippen molar-refractivity contribution >= 4 is 29.6 Å². The summed E-state index contributed by atoms with van der Waals surface area (Å²) in [5.41, 5.74) is 6.03. The Morgan fingerprint density at radius 1 is 1.13 bits per heavy atom. The van der Waals surface area contributed by atoms with Gasteiger partial charge in [0.25, 0.3) is 5.91 Å². The van der Waals surface area contributed by atoms with Gasteiger partial charge in [-0.3, -0.25) is 4.79 Å². The number of carbonyl (C=O) groups is 2. The fraction of sp³-hybridized carbons (Fsp3) is 0.333. The maximum absolute atomic E-state index is 13.2. The number of halogens is 1. The zero-order valence-electron chi connectivity index (χ0n) is 18.7. The molecule has 0 fully saturated rings. The Morgan fingerprint density at radius 3 is 2.48 bits per heavy atom. The molecule has 0 aliphatic carbocycles. The second-order valence-corrected chi connectivity index (χ2v) is 7.99. The van der Waals surface area contributed by atoms with Crippen molar-refractivity contribution < 1.29 is 19.1 Å². The van der Waals surface area contributed by atoms with Crippen molar-refractivity contribution in [2.24, 2.45) is 0 Å². The highest BCUT2D eigenvalue weighted by Gasteiger charge is 2.37. The first-order valence-electron chi connectivity index (χ1n) is 9.98. The summed E-state index contributed by atoms with van der Waals surface area (Å²) >= 11 is 6.24. The van der Waals surface area contributed by atoms with Gasteiger partial charge in [-0.05, 0) is 63.1 Å². The van der Waals surface area contributed by atoms with Crippen LogP contribution in [0.25, 0.3) is 11.8 Å². The van der Waals surface area contributed by atoms with Crippen LogP contribution in [0.2, 0.25) is 5.02 Å². The van der Waals surface area contributed by atoms with Crippen molar-refractivity contribution in [3.8, 4) is 5.69 Å². The summed E-state index contributed by atoms with van der Waals surface area (Å²) in [6.07, 6.45) is 1.77. The monoisotopic (exact) mass is 442 g/mol. The van der Waals surface area contributed by atoms with Gasteiger partial charge in [0.1, 0.15) is 0 Å². The number of esters is 1. The van der Waals surface area contributed by atoms with Gasteiger partial charge in [0.2, 0.25) is 0 Å². The van der Waals surface area contributed by atoms with Crippen LogP contribution in [-0.2, 0) is 19.1 Å². The molecule has 0 radical (unpaired) electrons. The second-order valence-electron chi connectivity index (χ2n) is 7.55. The van der Waals surface area contributed by atoms with Crippen LogP contribution in [0.4, 0.5) is 0 Å². The summed E-state index contributed by atoms with van der Waals surface area (Å²) in [4.78, 5) is 27.2. The Balaban J connectivity index is 2.13. The first kappa shape index (κ1) is 22.8. The standard InChI is InChI=1S/C24H27ClN2O4/c1-14-7-8-19(25)13-21(14)27-15(2)11-18(16(27)3)12-20-22(24(29)31-6)17(4)26(23(20)28)9-10-30-5/h7-8,11-13H,9-10H2,1-6H3/b20-12-. The first-order chi connectivity index (χ1) is 14.7. The number of methoxy groups -OCH3 is 2. The second kappa shape index (κ2) is 9.12. The summed E-state index contributed by atoms with van der Waals surface area (Å²) in [5.74, 6) is -0.768. The van der Waals surface area contributed by atoms with Crippen molar-refractivity contribution in [3.63, 3.8) is 0 Å². The number of benzene rings is 1. The number of rotatable bonds is 6. The van der Waals surface area contributed by atoms with E-state index < -0.39 is 5.97 Å². The van der Waals surface area contributed by atoms with Crippen molar-refractivity contribution in [2.45, 2.75) is 27.7 Å². The summed E-state index contributed by atoms with van der Waals surface area (Å²) in [6, 6.07) is 7.76. The topological polar surface area (TPSA) is 60.8 Å². The number of nitrogens with zero attached hydrogens (tertiary/aromatic N) is 2. The molecule has 2 heterocycles. The number of allylic oxidation sites excluding steroid dienone is 1. The van der Waals surface area contributed by atoms with E-state index in [0.29, 0.717) is 29.4 Å².